The van der Waals surface area contributed by atoms with Crippen LogP contribution in [-0.4, -0.2) is 93.7 Å². The van der Waals surface area contributed by atoms with Crippen LogP contribution in [-0.2, 0) is 16.1 Å². The third kappa shape index (κ3) is 4.43. The molecule has 2 fully saturated rings. The van der Waals surface area contributed by atoms with Gasteiger partial charge in [-0.25, -0.2) is 15.0 Å². The van der Waals surface area contributed by atoms with Crippen LogP contribution in [0.2, 0.25) is 0 Å². The maximum atomic E-state index is 11.9. The summed E-state index contributed by atoms with van der Waals surface area (Å²) in [5.41, 5.74) is 9.07. The van der Waals surface area contributed by atoms with Crippen molar-refractivity contribution in [1.82, 2.24) is 29.7 Å². The number of H-pyrrole nitrogens is 1. The van der Waals surface area contributed by atoms with Crippen molar-refractivity contribution in [3.63, 3.8) is 0 Å². The van der Waals surface area contributed by atoms with Crippen molar-refractivity contribution in [1.29, 1.82) is 0 Å². The Labute approximate surface area is 225 Å². The number of carbonyl (C=O) groups is 1. The molecule has 4 aromatic heterocycles. The zero-order valence-electron chi connectivity index (χ0n) is 22.2. The molecule has 3 N–H and O–H groups in total. The fourth-order valence-electron chi connectivity index (χ4n) is 5.36. The maximum absolute atomic E-state index is 11.9. The highest BCUT2D eigenvalue weighted by molar-refractivity contribution is 7.19. The van der Waals surface area contributed by atoms with E-state index in [9.17, 15) is 4.79 Å². The lowest BCUT2D eigenvalue weighted by Gasteiger charge is -2.42. The fraction of sp³-hybridized carbons (Fsp3) is 0.481. The van der Waals surface area contributed by atoms with Crippen LogP contribution in [0.5, 0.6) is 0 Å². The molecule has 200 valence electrons. The zero-order valence-corrected chi connectivity index (χ0v) is 23.0. The third-order valence-electron chi connectivity index (χ3n) is 7.99. The largest absolute Gasteiger partial charge is 0.378 e. The number of morpholine rings is 1. The molecule has 0 bridgehead atoms. The van der Waals surface area contributed by atoms with Crippen molar-refractivity contribution in [2.24, 2.45) is 5.73 Å². The molecule has 4 aromatic rings. The molecule has 0 aromatic carbocycles. The lowest BCUT2D eigenvalue weighted by molar-refractivity contribution is -0.129. The molecule has 2 aliphatic heterocycles. The van der Waals surface area contributed by atoms with Crippen LogP contribution in [0.3, 0.4) is 0 Å². The van der Waals surface area contributed by atoms with Crippen LogP contribution in [0.25, 0.3) is 32.6 Å². The van der Waals surface area contributed by atoms with Crippen LogP contribution in [0, 0.1) is 6.92 Å². The minimum Gasteiger partial charge on any atom is -0.378 e. The highest BCUT2D eigenvalue weighted by Crippen LogP contribution is 2.39. The molecule has 0 atom stereocenters. The number of aromatic nitrogens is 4. The average Bonchev–Trinajstić information content (AvgIpc) is 3.53. The molecular formula is C27H34N8O2S. The van der Waals surface area contributed by atoms with E-state index in [0.717, 1.165) is 84.3 Å². The Kier molecular flexibility index (Phi) is 6.55. The van der Waals surface area contributed by atoms with E-state index in [4.69, 9.17) is 20.4 Å². The number of ether oxygens (including phenoxy) is 1. The molecule has 0 aliphatic carbocycles. The predicted molar refractivity (Wildman–Crippen MR) is 150 cm³/mol. The second-order valence-electron chi connectivity index (χ2n) is 10.6. The average molecular weight is 535 g/mol. The van der Waals surface area contributed by atoms with Gasteiger partial charge < -0.3 is 20.4 Å². The van der Waals surface area contributed by atoms with Crippen LogP contribution >= 0.6 is 11.3 Å². The highest BCUT2D eigenvalue weighted by Gasteiger charge is 2.35. The molecule has 6 heterocycles. The minimum absolute atomic E-state index is 0.276. The number of nitrogens with two attached hydrogens (primary N) is 1. The van der Waals surface area contributed by atoms with Gasteiger partial charge in [0.2, 0.25) is 5.91 Å². The molecule has 1 amide bonds. The molecule has 10 nitrogen and oxygen atoms in total. The SMILES string of the molecule is Cc1c(CN2CCN(C(C)(C)C(N)=O)CC2)sc2c(N3CCOCC3)nc(-c3ccnc4[nH]ccc34)nc12. The summed E-state index contributed by atoms with van der Waals surface area (Å²) in [7, 11) is 0. The van der Waals surface area contributed by atoms with Gasteiger partial charge in [0.25, 0.3) is 0 Å². The van der Waals surface area contributed by atoms with E-state index in [1.54, 1.807) is 17.5 Å². The number of hydrogen-bond donors (Lipinski definition) is 2. The maximum Gasteiger partial charge on any atom is 0.237 e. The number of fused-ring (bicyclic) bond motifs is 2. The molecule has 0 unspecified atom stereocenters. The topological polar surface area (TPSA) is 117 Å². The van der Waals surface area contributed by atoms with Gasteiger partial charge in [-0.3, -0.25) is 14.6 Å². The highest BCUT2D eigenvalue weighted by atomic mass is 32.1. The minimum atomic E-state index is -0.628. The molecule has 6 rings (SSSR count). The molecule has 2 saturated heterocycles. The number of anilines is 1. The smallest absolute Gasteiger partial charge is 0.237 e. The first-order valence-corrected chi connectivity index (χ1v) is 14.0. The van der Waals surface area contributed by atoms with Crippen LogP contribution in [0.4, 0.5) is 5.82 Å². The van der Waals surface area contributed by atoms with Gasteiger partial charge in [-0.05, 0) is 38.5 Å². The van der Waals surface area contributed by atoms with Gasteiger partial charge in [0, 0.05) is 74.0 Å². The summed E-state index contributed by atoms with van der Waals surface area (Å²) in [5.74, 6) is 1.43. The van der Waals surface area contributed by atoms with Gasteiger partial charge in [-0.1, -0.05) is 0 Å². The van der Waals surface area contributed by atoms with E-state index in [2.05, 4.69) is 31.6 Å². The van der Waals surface area contributed by atoms with Gasteiger partial charge in [0.15, 0.2) is 11.6 Å². The van der Waals surface area contributed by atoms with Gasteiger partial charge in [-0.2, -0.15) is 0 Å². The molecular weight excluding hydrogens is 500 g/mol. The van der Waals surface area contributed by atoms with E-state index >= 15 is 0 Å². The van der Waals surface area contributed by atoms with Crippen LogP contribution < -0.4 is 10.6 Å². The van der Waals surface area contributed by atoms with Crippen LogP contribution in [0.1, 0.15) is 24.3 Å². The van der Waals surface area contributed by atoms with E-state index in [0.29, 0.717) is 13.2 Å². The van der Waals surface area contributed by atoms with Gasteiger partial charge >= 0.3 is 0 Å². The van der Waals surface area contributed by atoms with Gasteiger partial charge in [-0.15, -0.1) is 11.3 Å². The van der Waals surface area contributed by atoms with E-state index in [1.807, 2.05) is 32.2 Å². The molecule has 0 saturated carbocycles. The Morgan fingerprint density at radius 2 is 1.89 bits per heavy atom. The summed E-state index contributed by atoms with van der Waals surface area (Å²) < 4.78 is 6.77. The van der Waals surface area contributed by atoms with Crippen molar-refractivity contribution in [2.45, 2.75) is 32.9 Å². The standard InChI is InChI=1S/C27H34N8O2S/c1-17-20(16-33-8-10-35(11-9-33)27(2,3)26(28)36)38-22-21(17)31-24(32-25(22)34-12-14-37-15-13-34)19-5-7-30-23-18(19)4-6-29-23/h4-7H,8-16H2,1-3H3,(H2,28,36)(H,29,30). The zero-order chi connectivity index (χ0) is 26.4. The van der Waals surface area contributed by atoms with E-state index in [-0.39, 0.29) is 5.91 Å². The number of nitrogens with zero attached hydrogens (tertiary/aromatic N) is 6. The number of thiophene rings is 1. The fourth-order valence-corrected chi connectivity index (χ4v) is 6.66. The Morgan fingerprint density at radius 1 is 1.13 bits per heavy atom. The summed E-state index contributed by atoms with van der Waals surface area (Å²) in [6.45, 7) is 13.3. The molecule has 0 spiro atoms. The lowest BCUT2D eigenvalue weighted by Crippen LogP contribution is -2.59. The molecule has 0 radical (unpaired) electrons. The number of hydrogen-bond acceptors (Lipinski definition) is 9. The Morgan fingerprint density at radius 3 is 2.63 bits per heavy atom. The number of primary amides is 1. The van der Waals surface area contributed by atoms with Crippen molar-refractivity contribution in [3.05, 3.63) is 35.0 Å². The summed E-state index contributed by atoms with van der Waals surface area (Å²) >= 11 is 1.80. The molecule has 11 heteroatoms. The number of amides is 1. The number of aromatic amines is 1. The normalized spacial score (nSPS) is 18.0. The second-order valence-corrected chi connectivity index (χ2v) is 11.7. The van der Waals surface area contributed by atoms with Crippen LogP contribution in [0.15, 0.2) is 24.5 Å². The Bertz CT molecular complexity index is 1480. The van der Waals surface area contributed by atoms with Crippen molar-refractivity contribution < 1.29 is 9.53 Å². The summed E-state index contributed by atoms with van der Waals surface area (Å²) in [5, 5.41) is 1.02. The summed E-state index contributed by atoms with van der Waals surface area (Å²) in [6.07, 6.45) is 3.71. The number of aryl methyl sites for hydroxylation is 1. The first-order chi connectivity index (χ1) is 18.3. The molecule has 38 heavy (non-hydrogen) atoms. The number of piperazine rings is 1. The molecule has 2 aliphatic rings. The number of pyridine rings is 1. The first-order valence-electron chi connectivity index (χ1n) is 13.2. The Balaban J connectivity index is 1.35. The number of carbonyl (C=O) groups excluding carboxylic acids is 1. The number of rotatable bonds is 6. The quantitative estimate of drug-likeness (QED) is 0.388. The first kappa shape index (κ1) is 25.2. The lowest BCUT2D eigenvalue weighted by atomic mass is 10.0. The van der Waals surface area contributed by atoms with Gasteiger partial charge in [0.1, 0.15) is 5.65 Å². The second kappa shape index (κ2) is 9.88. The monoisotopic (exact) mass is 534 g/mol. The third-order valence-corrected chi connectivity index (χ3v) is 9.25. The van der Waals surface area contributed by atoms with E-state index in [1.165, 1.54) is 10.4 Å². The van der Waals surface area contributed by atoms with E-state index < -0.39 is 5.54 Å². The summed E-state index contributed by atoms with van der Waals surface area (Å²) in [6, 6.07) is 4.03. The predicted octanol–water partition coefficient (Wildman–Crippen LogP) is 2.76. The summed E-state index contributed by atoms with van der Waals surface area (Å²) in [4.78, 5) is 38.1. The number of nitrogens with one attached hydrogen (secondary N) is 1. The van der Waals surface area contributed by atoms with Crippen molar-refractivity contribution >= 4 is 44.3 Å². The van der Waals surface area contributed by atoms with Crippen molar-refractivity contribution in [2.75, 3.05) is 57.4 Å². The van der Waals surface area contributed by atoms with Crippen molar-refractivity contribution in [3.8, 4) is 11.4 Å². The van der Waals surface area contributed by atoms with Gasteiger partial charge in [0.05, 0.1) is 29.0 Å². The Hall–Kier alpha value is -3.12.